The lowest BCUT2D eigenvalue weighted by Gasteiger charge is -2.22. The molecule has 3 heteroatoms. The third-order valence-electron chi connectivity index (χ3n) is 2.41. The summed E-state index contributed by atoms with van der Waals surface area (Å²) in [6.07, 6.45) is 4.09. The van der Waals surface area contributed by atoms with Crippen molar-refractivity contribution in [3.05, 3.63) is 29.6 Å². The van der Waals surface area contributed by atoms with Crippen LogP contribution in [0.2, 0.25) is 0 Å². The van der Waals surface area contributed by atoms with Crippen LogP contribution >= 0.6 is 11.8 Å². The summed E-state index contributed by atoms with van der Waals surface area (Å²) in [5, 5.41) is 3.45. The van der Waals surface area contributed by atoms with Gasteiger partial charge >= 0.3 is 0 Å². The number of rotatable bonds is 5. The average molecular weight is 224 g/mol. The Morgan fingerprint density at radius 2 is 2.13 bits per heavy atom. The molecule has 1 aromatic heterocycles. The van der Waals surface area contributed by atoms with Crippen LogP contribution in [0.4, 0.5) is 0 Å². The second-order valence-corrected chi connectivity index (χ2v) is 5.89. The molecule has 0 aliphatic heterocycles. The number of hydrogen-bond donors (Lipinski definition) is 1. The molecule has 1 heterocycles. The minimum absolute atomic E-state index is 0.304. The Morgan fingerprint density at radius 1 is 1.40 bits per heavy atom. The monoisotopic (exact) mass is 224 g/mol. The third kappa shape index (κ3) is 4.67. The highest BCUT2D eigenvalue weighted by atomic mass is 32.2. The van der Waals surface area contributed by atoms with E-state index < -0.39 is 0 Å². The molecule has 0 spiro atoms. The molecule has 84 valence electrons. The van der Waals surface area contributed by atoms with Crippen molar-refractivity contribution in [2.24, 2.45) is 0 Å². The van der Waals surface area contributed by atoms with Gasteiger partial charge < -0.3 is 5.32 Å². The number of aromatic nitrogens is 1. The van der Waals surface area contributed by atoms with E-state index in [0.29, 0.717) is 4.75 Å². The lowest BCUT2D eigenvalue weighted by Crippen LogP contribution is -2.31. The molecule has 0 fully saturated rings. The van der Waals surface area contributed by atoms with Crippen LogP contribution in [-0.4, -0.2) is 22.5 Å². The van der Waals surface area contributed by atoms with Gasteiger partial charge in [0.2, 0.25) is 0 Å². The van der Waals surface area contributed by atoms with Crippen LogP contribution in [0.25, 0.3) is 0 Å². The van der Waals surface area contributed by atoms with Crippen LogP contribution in [0, 0.1) is 6.92 Å². The molecule has 0 saturated carbocycles. The van der Waals surface area contributed by atoms with Crippen molar-refractivity contribution in [3.63, 3.8) is 0 Å². The number of nitrogens with one attached hydrogen (secondary N) is 1. The highest BCUT2D eigenvalue weighted by Gasteiger charge is 2.14. The van der Waals surface area contributed by atoms with Crippen LogP contribution in [-0.2, 0) is 6.54 Å². The van der Waals surface area contributed by atoms with Gasteiger partial charge in [-0.25, -0.2) is 0 Å². The first-order valence-corrected chi connectivity index (χ1v) is 6.43. The maximum atomic E-state index is 4.27. The zero-order valence-electron chi connectivity index (χ0n) is 10.0. The fraction of sp³-hybridized carbons (Fsp3) is 0.583. The van der Waals surface area contributed by atoms with Gasteiger partial charge in [-0.3, -0.25) is 4.98 Å². The van der Waals surface area contributed by atoms with Crippen LogP contribution in [0.1, 0.15) is 25.1 Å². The van der Waals surface area contributed by atoms with Gasteiger partial charge in [-0.1, -0.05) is 6.07 Å². The molecule has 0 radical (unpaired) electrons. The molecule has 0 saturated heterocycles. The number of thioether (sulfide) groups is 1. The second kappa shape index (κ2) is 5.52. The predicted octanol–water partition coefficient (Wildman–Crippen LogP) is 2.62. The molecule has 1 N–H and O–H groups in total. The lowest BCUT2D eigenvalue weighted by molar-refractivity contribution is 0.590. The van der Waals surface area contributed by atoms with Crippen molar-refractivity contribution >= 4 is 11.8 Å². The van der Waals surface area contributed by atoms with E-state index >= 15 is 0 Å². The maximum absolute atomic E-state index is 4.27. The maximum Gasteiger partial charge on any atom is 0.0372 e. The van der Waals surface area contributed by atoms with Crippen LogP contribution in [0.3, 0.4) is 0 Å². The van der Waals surface area contributed by atoms with Crippen molar-refractivity contribution in [1.29, 1.82) is 0 Å². The molecule has 0 bridgehead atoms. The Hall–Kier alpha value is -0.540. The molecular formula is C12H20N2S. The van der Waals surface area contributed by atoms with E-state index in [1.54, 1.807) is 0 Å². The van der Waals surface area contributed by atoms with Crippen LogP contribution < -0.4 is 5.32 Å². The van der Waals surface area contributed by atoms with E-state index in [9.17, 15) is 0 Å². The van der Waals surface area contributed by atoms with E-state index in [1.807, 2.05) is 24.9 Å². The van der Waals surface area contributed by atoms with Crippen LogP contribution in [0.5, 0.6) is 0 Å². The van der Waals surface area contributed by atoms with E-state index in [2.05, 4.69) is 42.5 Å². The summed E-state index contributed by atoms with van der Waals surface area (Å²) in [7, 11) is 0. The molecule has 0 unspecified atom stereocenters. The lowest BCUT2D eigenvalue weighted by atomic mass is 10.2. The average Bonchev–Trinajstić information content (AvgIpc) is 2.21. The molecular weight excluding hydrogens is 204 g/mol. The summed E-state index contributed by atoms with van der Waals surface area (Å²) in [5.74, 6) is 0. The van der Waals surface area contributed by atoms with Crippen molar-refractivity contribution in [2.75, 3.05) is 12.8 Å². The second-order valence-electron chi connectivity index (χ2n) is 4.38. The first-order valence-electron chi connectivity index (χ1n) is 5.21. The van der Waals surface area contributed by atoms with Gasteiger partial charge in [0, 0.05) is 29.7 Å². The van der Waals surface area contributed by atoms with E-state index in [1.165, 1.54) is 5.56 Å². The van der Waals surface area contributed by atoms with E-state index in [4.69, 9.17) is 0 Å². The van der Waals surface area contributed by atoms with Gasteiger partial charge in [-0.15, -0.1) is 0 Å². The van der Waals surface area contributed by atoms with Crippen LogP contribution in [0.15, 0.2) is 18.3 Å². The summed E-state index contributed by atoms with van der Waals surface area (Å²) in [6.45, 7) is 8.42. The largest absolute Gasteiger partial charge is 0.311 e. The molecule has 0 aliphatic carbocycles. The number of hydrogen-bond acceptors (Lipinski definition) is 3. The first kappa shape index (κ1) is 12.5. The van der Waals surface area contributed by atoms with Gasteiger partial charge in [0.25, 0.3) is 0 Å². The summed E-state index contributed by atoms with van der Waals surface area (Å²) in [6, 6.07) is 4.18. The van der Waals surface area contributed by atoms with Crippen molar-refractivity contribution in [2.45, 2.75) is 32.1 Å². The SMILES string of the molecule is CSC(C)(C)CNCc1ccc(C)nc1. The minimum atomic E-state index is 0.304. The first-order chi connectivity index (χ1) is 7.03. The topological polar surface area (TPSA) is 24.9 Å². The number of aryl methyl sites for hydroxylation is 1. The van der Waals surface area contributed by atoms with Crippen molar-refractivity contribution < 1.29 is 0 Å². The normalized spacial score (nSPS) is 11.7. The Labute approximate surface area is 96.9 Å². The number of pyridine rings is 1. The molecule has 0 aromatic carbocycles. The van der Waals surface area contributed by atoms with Gasteiger partial charge in [-0.2, -0.15) is 11.8 Å². The Morgan fingerprint density at radius 3 is 2.67 bits per heavy atom. The summed E-state index contributed by atoms with van der Waals surface area (Å²) in [4.78, 5) is 4.27. The van der Waals surface area contributed by atoms with Gasteiger partial charge in [0.05, 0.1) is 0 Å². The highest BCUT2D eigenvalue weighted by molar-refractivity contribution is 7.99. The predicted molar refractivity (Wildman–Crippen MR) is 68.3 cm³/mol. The zero-order chi connectivity index (χ0) is 11.3. The zero-order valence-corrected chi connectivity index (χ0v) is 10.8. The fourth-order valence-corrected chi connectivity index (χ4v) is 1.43. The van der Waals surface area contributed by atoms with Crippen molar-refractivity contribution in [1.82, 2.24) is 10.3 Å². The van der Waals surface area contributed by atoms with E-state index in [-0.39, 0.29) is 0 Å². The molecule has 1 rings (SSSR count). The standard InChI is InChI=1S/C12H20N2S/c1-10-5-6-11(8-14-10)7-13-9-12(2,3)15-4/h5-6,8,13H,7,9H2,1-4H3. The van der Waals surface area contributed by atoms with Gasteiger partial charge in [0.1, 0.15) is 0 Å². The quantitative estimate of drug-likeness (QED) is 0.832. The summed E-state index contributed by atoms with van der Waals surface area (Å²) < 4.78 is 0.304. The minimum Gasteiger partial charge on any atom is -0.311 e. The van der Waals surface area contributed by atoms with Gasteiger partial charge in [0.15, 0.2) is 0 Å². The fourth-order valence-electron chi connectivity index (χ4n) is 1.18. The molecule has 15 heavy (non-hydrogen) atoms. The highest BCUT2D eigenvalue weighted by Crippen LogP contribution is 2.19. The Bertz CT molecular complexity index is 293. The Kier molecular flexibility index (Phi) is 4.61. The molecule has 0 amide bonds. The molecule has 2 nitrogen and oxygen atoms in total. The van der Waals surface area contributed by atoms with E-state index in [0.717, 1.165) is 18.8 Å². The molecule has 0 aliphatic rings. The van der Waals surface area contributed by atoms with Crippen molar-refractivity contribution in [3.8, 4) is 0 Å². The molecule has 1 aromatic rings. The van der Waals surface area contributed by atoms with Gasteiger partial charge in [-0.05, 0) is 38.7 Å². The molecule has 0 atom stereocenters. The summed E-state index contributed by atoms with van der Waals surface area (Å²) in [5.41, 5.74) is 2.32. The summed E-state index contributed by atoms with van der Waals surface area (Å²) >= 11 is 1.89. The third-order valence-corrected chi connectivity index (χ3v) is 3.65. The Balaban J connectivity index is 2.35. The smallest absolute Gasteiger partial charge is 0.0372 e. The number of nitrogens with zero attached hydrogens (tertiary/aromatic N) is 1.